The van der Waals surface area contributed by atoms with Gasteiger partial charge in [-0.05, 0) is 32.1 Å². The zero-order valence-electron chi connectivity index (χ0n) is 8.38. The van der Waals surface area contributed by atoms with Gasteiger partial charge in [-0.1, -0.05) is 11.6 Å². The third-order valence-electron chi connectivity index (χ3n) is 2.39. The van der Waals surface area contributed by atoms with Gasteiger partial charge in [-0.25, -0.2) is 0 Å². The molecular weight excluding hydrogens is 214 g/mol. The summed E-state index contributed by atoms with van der Waals surface area (Å²) in [5.41, 5.74) is 1.27. The van der Waals surface area contributed by atoms with Gasteiger partial charge in [0.25, 0.3) is 0 Å². The predicted octanol–water partition coefficient (Wildman–Crippen LogP) is 2.55. The van der Waals surface area contributed by atoms with Gasteiger partial charge in [-0.15, -0.1) is 0 Å². The van der Waals surface area contributed by atoms with Crippen molar-refractivity contribution in [1.82, 2.24) is 5.32 Å². The molecule has 2 aromatic rings. The first-order valence-corrected chi connectivity index (χ1v) is 5.14. The minimum atomic E-state index is 0.189. The number of likely N-dealkylation sites (N-methyl/N-ethyl adjacent to an activating group) is 1. The number of rotatable bonds is 3. The first-order chi connectivity index (χ1) is 7.24. The van der Waals surface area contributed by atoms with Crippen LogP contribution in [0.15, 0.2) is 22.8 Å². The smallest absolute Gasteiger partial charge is 0.177 e. The van der Waals surface area contributed by atoms with E-state index in [2.05, 4.69) is 5.32 Å². The molecule has 80 valence electrons. The molecule has 0 aliphatic carbocycles. The Morgan fingerprint density at radius 2 is 2.33 bits per heavy atom. The van der Waals surface area contributed by atoms with Crippen molar-refractivity contribution in [3.63, 3.8) is 0 Å². The predicted molar refractivity (Wildman–Crippen MR) is 60.5 cm³/mol. The Balaban J connectivity index is 2.51. The Labute approximate surface area is 92.6 Å². The lowest BCUT2D eigenvalue weighted by Gasteiger charge is -2.05. The van der Waals surface area contributed by atoms with Gasteiger partial charge in [0.1, 0.15) is 0 Å². The lowest BCUT2D eigenvalue weighted by Crippen LogP contribution is -2.10. The van der Waals surface area contributed by atoms with Crippen molar-refractivity contribution in [2.45, 2.75) is 6.42 Å². The average Bonchev–Trinajstić information content (AvgIpc) is 2.70. The van der Waals surface area contributed by atoms with Crippen molar-refractivity contribution in [3.8, 4) is 5.75 Å². The second-order valence-corrected chi connectivity index (χ2v) is 3.79. The highest BCUT2D eigenvalue weighted by Gasteiger charge is 2.12. The van der Waals surface area contributed by atoms with E-state index in [4.69, 9.17) is 16.0 Å². The summed E-state index contributed by atoms with van der Waals surface area (Å²) < 4.78 is 5.20. The van der Waals surface area contributed by atoms with Crippen LogP contribution in [0.1, 0.15) is 5.56 Å². The van der Waals surface area contributed by atoms with Gasteiger partial charge in [0.05, 0.1) is 11.3 Å². The summed E-state index contributed by atoms with van der Waals surface area (Å²) in [4.78, 5) is 0. The van der Waals surface area contributed by atoms with Crippen LogP contribution in [0, 0.1) is 0 Å². The molecule has 0 unspecified atom stereocenters. The van der Waals surface area contributed by atoms with Crippen LogP contribution in [0.25, 0.3) is 11.0 Å². The molecule has 1 aromatic carbocycles. The van der Waals surface area contributed by atoms with Crippen molar-refractivity contribution in [1.29, 1.82) is 0 Å². The van der Waals surface area contributed by atoms with Gasteiger partial charge in [-0.3, -0.25) is 0 Å². The highest BCUT2D eigenvalue weighted by Crippen LogP contribution is 2.35. The van der Waals surface area contributed by atoms with Crippen LogP contribution >= 0.6 is 11.6 Å². The third-order valence-corrected chi connectivity index (χ3v) is 2.70. The summed E-state index contributed by atoms with van der Waals surface area (Å²) in [5.74, 6) is 0.189. The molecule has 0 amide bonds. The average molecular weight is 226 g/mol. The maximum atomic E-state index is 9.91. The molecule has 3 nitrogen and oxygen atoms in total. The Morgan fingerprint density at radius 1 is 1.53 bits per heavy atom. The summed E-state index contributed by atoms with van der Waals surface area (Å²) in [6.07, 6.45) is 2.25. The van der Waals surface area contributed by atoms with Crippen LogP contribution in [-0.2, 0) is 6.42 Å². The van der Waals surface area contributed by atoms with Gasteiger partial charge in [0.2, 0.25) is 0 Å². The van der Waals surface area contributed by atoms with Gasteiger partial charge in [-0.2, -0.15) is 0 Å². The van der Waals surface area contributed by atoms with Crippen molar-refractivity contribution < 1.29 is 9.52 Å². The van der Waals surface area contributed by atoms with Crippen LogP contribution in [0.3, 0.4) is 0 Å². The largest absolute Gasteiger partial charge is 0.504 e. The van der Waals surface area contributed by atoms with E-state index in [1.165, 1.54) is 6.26 Å². The summed E-state index contributed by atoms with van der Waals surface area (Å²) in [7, 11) is 1.87. The maximum absolute atomic E-state index is 9.91. The molecule has 0 spiro atoms. The number of halogens is 1. The van der Waals surface area contributed by atoms with E-state index in [1.807, 2.05) is 7.05 Å². The number of hydrogen-bond acceptors (Lipinski definition) is 3. The first kappa shape index (κ1) is 10.3. The standard InChI is InChI=1S/C11H12ClNO2/c1-13-4-2-7-6-9(12)8-3-5-15-11(8)10(7)14/h3,5-6,13-14H,2,4H2,1H3. The fourth-order valence-electron chi connectivity index (χ4n) is 1.58. The molecule has 4 heteroatoms. The molecule has 2 rings (SSSR count). The lowest BCUT2D eigenvalue weighted by atomic mass is 10.1. The second kappa shape index (κ2) is 4.13. The fraction of sp³-hybridized carbons (Fsp3) is 0.273. The number of nitrogens with one attached hydrogen (secondary N) is 1. The highest BCUT2D eigenvalue weighted by molar-refractivity contribution is 6.35. The molecule has 0 radical (unpaired) electrons. The van der Waals surface area contributed by atoms with Gasteiger partial charge in [0, 0.05) is 10.9 Å². The number of aromatic hydroxyl groups is 1. The second-order valence-electron chi connectivity index (χ2n) is 3.38. The van der Waals surface area contributed by atoms with Crippen molar-refractivity contribution in [2.24, 2.45) is 0 Å². The number of phenols is 1. The zero-order chi connectivity index (χ0) is 10.8. The molecular formula is C11H12ClNO2. The highest BCUT2D eigenvalue weighted by atomic mass is 35.5. The molecule has 0 aliphatic heterocycles. The lowest BCUT2D eigenvalue weighted by molar-refractivity contribution is 0.458. The van der Waals surface area contributed by atoms with Crippen molar-refractivity contribution in [3.05, 3.63) is 29.0 Å². The van der Waals surface area contributed by atoms with E-state index >= 15 is 0 Å². The van der Waals surface area contributed by atoms with Crippen LogP contribution in [0.2, 0.25) is 5.02 Å². The van der Waals surface area contributed by atoms with E-state index in [-0.39, 0.29) is 5.75 Å². The fourth-order valence-corrected chi connectivity index (χ4v) is 1.86. The molecule has 1 heterocycles. The molecule has 0 saturated heterocycles. The SMILES string of the molecule is CNCCc1cc(Cl)c2ccoc2c1O. The van der Waals surface area contributed by atoms with E-state index in [0.29, 0.717) is 10.6 Å². The number of furan rings is 1. The maximum Gasteiger partial charge on any atom is 0.177 e. The van der Waals surface area contributed by atoms with Gasteiger partial charge in [0.15, 0.2) is 11.3 Å². The quantitative estimate of drug-likeness (QED) is 0.844. The first-order valence-electron chi connectivity index (χ1n) is 4.76. The molecule has 0 aliphatic rings. The number of fused-ring (bicyclic) bond motifs is 1. The van der Waals surface area contributed by atoms with Crippen molar-refractivity contribution in [2.75, 3.05) is 13.6 Å². The molecule has 0 fully saturated rings. The van der Waals surface area contributed by atoms with Crippen molar-refractivity contribution >= 4 is 22.6 Å². The Kier molecular flexibility index (Phi) is 2.84. The summed E-state index contributed by atoms with van der Waals surface area (Å²) >= 11 is 6.06. The molecule has 15 heavy (non-hydrogen) atoms. The topological polar surface area (TPSA) is 45.4 Å². The van der Waals surface area contributed by atoms with E-state index < -0.39 is 0 Å². The number of benzene rings is 1. The molecule has 2 N–H and O–H groups in total. The Bertz CT molecular complexity index is 479. The van der Waals surface area contributed by atoms with Crippen LogP contribution in [0.4, 0.5) is 0 Å². The monoisotopic (exact) mass is 225 g/mol. The molecule has 0 atom stereocenters. The van der Waals surface area contributed by atoms with Crippen LogP contribution in [-0.4, -0.2) is 18.7 Å². The van der Waals surface area contributed by atoms with E-state index in [9.17, 15) is 5.11 Å². The zero-order valence-corrected chi connectivity index (χ0v) is 9.14. The van der Waals surface area contributed by atoms with Gasteiger partial charge >= 0.3 is 0 Å². The molecule has 1 aromatic heterocycles. The van der Waals surface area contributed by atoms with E-state index in [0.717, 1.165) is 23.9 Å². The summed E-state index contributed by atoms with van der Waals surface area (Å²) in [6, 6.07) is 3.53. The Morgan fingerprint density at radius 3 is 3.07 bits per heavy atom. The molecule has 0 saturated carbocycles. The number of phenolic OH excluding ortho intramolecular Hbond substituents is 1. The summed E-state index contributed by atoms with van der Waals surface area (Å²) in [5, 5.41) is 14.3. The minimum absolute atomic E-state index is 0.189. The Hall–Kier alpha value is -1.19. The molecule has 0 bridgehead atoms. The van der Waals surface area contributed by atoms with Crippen LogP contribution in [0.5, 0.6) is 5.75 Å². The normalized spacial score (nSPS) is 11.1. The van der Waals surface area contributed by atoms with E-state index in [1.54, 1.807) is 12.1 Å². The number of hydrogen-bond donors (Lipinski definition) is 2. The van der Waals surface area contributed by atoms with Crippen LogP contribution < -0.4 is 5.32 Å². The van der Waals surface area contributed by atoms with Gasteiger partial charge < -0.3 is 14.8 Å². The minimum Gasteiger partial charge on any atom is -0.504 e. The third kappa shape index (κ3) is 1.80. The summed E-state index contributed by atoms with van der Waals surface area (Å²) in [6.45, 7) is 0.788.